The first kappa shape index (κ1) is 17.1. The first-order chi connectivity index (χ1) is 11.2. The van der Waals surface area contributed by atoms with E-state index in [9.17, 15) is 4.79 Å². The van der Waals surface area contributed by atoms with E-state index < -0.39 is 0 Å². The lowest BCUT2D eigenvalue weighted by Crippen LogP contribution is -2.41. The second kappa shape index (κ2) is 8.97. The Morgan fingerprint density at radius 3 is 2.78 bits per heavy atom. The van der Waals surface area contributed by atoms with Gasteiger partial charge in [-0.1, -0.05) is 6.07 Å². The molecule has 1 saturated carbocycles. The number of guanidine groups is 1. The highest BCUT2D eigenvalue weighted by Gasteiger charge is 2.28. The zero-order chi connectivity index (χ0) is 16.5. The molecule has 126 valence electrons. The first-order valence-electron chi connectivity index (χ1n) is 8.02. The van der Waals surface area contributed by atoms with Crippen LogP contribution in [-0.4, -0.2) is 43.6 Å². The van der Waals surface area contributed by atoms with Crippen molar-refractivity contribution in [3.8, 4) is 5.88 Å². The molecule has 1 aromatic heterocycles. The molecule has 7 nitrogen and oxygen atoms in total. The van der Waals surface area contributed by atoms with Gasteiger partial charge in [-0.25, -0.2) is 9.98 Å². The van der Waals surface area contributed by atoms with Crippen molar-refractivity contribution in [3.63, 3.8) is 0 Å². The maximum absolute atomic E-state index is 11.5. The van der Waals surface area contributed by atoms with Crippen LogP contribution in [0.25, 0.3) is 0 Å². The average molecular weight is 319 g/mol. The second-order valence-electron chi connectivity index (χ2n) is 5.36. The van der Waals surface area contributed by atoms with Gasteiger partial charge in [0.1, 0.15) is 0 Å². The van der Waals surface area contributed by atoms with E-state index in [4.69, 9.17) is 4.74 Å². The number of aliphatic imine (C=N–C) groups is 1. The van der Waals surface area contributed by atoms with E-state index in [0.717, 1.165) is 25.1 Å². The zero-order valence-corrected chi connectivity index (χ0v) is 13.8. The zero-order valence-electron chi connectivity index (χ0n) is 13.8. The number of hydrogen-bond donors (Lipinski definition) is 3. The van der Waals surface area contributed by atoms with Crippen LogP contribution in [0, 0.1) is 5.92 Å². The Hall–Kier alpha value is -2.31. The molecule has 1 fully saturated rings. The van der Waals surface area contributed by atoms with Gasteiger partial charge in [0, 0.05) is 31.6 Å². The van der Waals surface area contributed by atoms with Gasteiger partial charge in [-0.15, -0.1) is 0 Å². The normalized spacial score (nSPS) is 14.3. The van der Waals surface area contributed by atoms with Crippen LogP contribution >= 0.6 is 0 Å². The minimum Gasteiger partial charge on any atom is -0.481 e. The largest absolute Gasteiger partial charge is 0.481 e. The lowest BCUT2D eigenvalue weighted by atomic mass is 10.3. The SMILES string of the molecule is CCNC(=NCc1cccc(OC)n1)NCCNC(=O)C1CC1. The number of amides is 1. The van der Waals surface area contributed by atoms with Crippen molar-refractivity contribution >= 4 is 11.9 Å². The Bertz CT molecular complexity index is 543. The molecular weight excluding hydrogens is 294 g/mol. The highest BCUT2D eigenvalue weighted by molar-refractivity contribution is 5.81. The van der Waals surface area contributed by atoms with Crippen LogP contribution in [0.15, 0.2) is 23.2 Å². The molecule has 1 amide bonds. The van der Waals surface area contributed by atoms with E-state index in [2.05, 4.69) is 25.9 Å². The molecule has 1 aromatic rings. The maximum atomic E-state index is 11.5. The van der Waals surface area contributed by atoms with Gasteiger partial charge < -0.3 is 20.7 Å². The third-order valence-corrected chi connectivity index (χ3v) is 3.40. The third-order valence-electron chi connectivity index (χ3n) is 3.40. The summed E-state index contributed by atoms with van der Waals surface area (Å²) in [5, 5.41) is 9.29. The monoisotopic (exact) mass is 319 g/mol. The number of ether oxygens (including phenoxy) is 1. The molecule has 7 heteroatoms. The van der Waals surface area contributed by atoms with Gasteiger partial charge in [0.2, 0.25) is 11.8 Å². The van der Waals surface area contributed by atoms with Crippen molar-refractivity contribution in [2.75, 3.05) is 26.7 Å². The van der Waals surface area contributed by atoms with E-state index in [-0.39, 0.29) is 11.8 Å². The number of hydrogen-bond acceptors (Lipinski definition) is 4. The summed E-state index contributed by atoms with van der Waals surface area (Å²) < 4.78 is 5.10. The van der Waals surface area contributed by atoms with Crippen molar-refractivity contribution in [2.45, 2.75) is 26.3 Å². The molecule has 23 heavy (non-hydrogen) atoms. The number of methoxy groups -OCH3 is 1. The number of carbonyl (C=O) groups excluding carboxylic acids is 1. The van der Waals surface area contributed by atoms with Crippen molar-refractivity contribution in [3.05, 3.63) is 23.9 Å². The average Bonchev–Trinajstić information content (AvgIpc) is 3.41. The summed E-state index contributed by atoms with van der Waals surface area (Å²) in [4.78, 5) is 20.4. The smallest absolute Gasteiger partial charge is 0.223 e. The van der Waals surface area contributed by atoms with Gasteiger partial charge in [0.15, 0.2) is 5.96 Å². The molecule has 0 spiro atoms. The van der Waals surface area contributed by atoms with Crippen LogP contribution in [0.4, 0.5) is 0 Å². The summed E-state index contributed by atoms with van der Waals surface area (Å²) in [6.07, 6.45) is 2.05. The molecule has 0 saturated heterocycles. The Balaban J connectivity index is 1.77. The third kappa shape index (κ3) is 6.14. The van der Waals surface area contributed by atoms with Crippen LogP contribution in [0.3, 0.4) is 0 Å². The minimum absolute atomic E-state index is 0.161. The topological polar surface area (TPSA) is 87.6 Å². The summed E-state index contributed by atoms with van der Waals surface area (Å²) in [7, 11) is 1.59. The summed E-state index contributed by atoms with van der Waals surface area (Å²) in [5.41, 5.74) is 0.837. The highest BCUT2D eigenvalue weighted by atomic mass is 16.5. The van der Waals surface area contributed by atoms with Gasteiger partial charge in [0.05, 0.1) is 19.3 Å². The molecule has 0 aromatic carbocycles. The molecule has 1 heterocycles. The summed E-state index contributed by atoms with van der Waals surface area (Å²) in [5.74, 6) is 1.70. The molecule has 0 aliphatic heterocycles. The molecular formula is C16H25N5O2. The van der Waals surface area contributed by atoms with Crippen LogP contribution < -0.4 is 20.7 Å². The number of nitrogens with zero attached hydrogens (tertiary/aromatic N) is 2. The fraction of sp³-hybridized carbons (Fsp3) is 0.562. The Kier molecular flexibility index (Phi) is 6.65. The lowest BCUT2D eigenvalue weighted by molar-refractivity contribution is -0.122. The first-order valence-corrected chi connectivity index (χ1v) is 8.02. The predicted octanol–water partition coefficient (Wildman–Crippen LogP) is 0.672. The summed E-state index contributed by atoms with van der Waals surface area (Å²) in [6.45, 7) is 4.47. The molecule has 0 atom stereocenters. The Labute approximate surface area is 136 Å². The molecule has 0 bridgehead atoms. The molecule has 0 radical (unpaired) electrons. The predicted molar refractivity (Wildman–Crippen MR) is 89.3 cm³/mol. The van der Waals surface area contributed by atoms with Gasteiger partial charge in [-0.3, -0.25) is 4.79 Å². The van der Waals surface area contributed by atoms with E-state index in [1.807, 2.05) is 19.1 Å². The van der Waals surface area contributed by atoms with Crippen LogP contribution in [0.2, 0.25) is 0 Å². The summed E-state index contributed by atoms with van der Waals surface area (Å²) in [6, 6.07) is 5.61. The van der Waals surface area contributed by atoms with E-state index >= 15 is 0 Å². The van der Waals surface area contributed by atoms with Crippen LogP contribution in [-0.2, 0) is 11.3 Å². The molecule has 0 unspecified atom stereocenters. The van der Waals surface area contributed by atoms with Crippen molar-refractivity contribution in [1.29, 1.82) is 0 Å². The van der Waals surface area contributed by atoms with Crippen molar-refractivity contribution in [1.82, 2.24) is 20.9 Å². The number of nitrogens with one attached hydrogen (secondary N) is 3. The Morgan fingerprint density at radius 2 is 2.09 bits per heavy atom. The van der Waals surface area contributed by atoms with E-state index in [1.165, 1.54) is 0 Å². The van der Waals surface area contributed by atoms with E-state index in [1.54, 1.807) is 13.2 Å². The number of carbonyl (C=O) groups is 1. The minimum atomic E-state index is 0.161. The number of rotatable bonds is 8. The van der Waals surface area contributed by atoms with Crippen LogP contribution in [0.5, 0.6) is 5.88 Å². The maximum Gasteiger partial charge on any atom is 0.223 e. The summed E-state index contributed by atoms with van der Waals surface area (Å²) >= 11 is 0. The highest BCUT2D eigenvalue weighted by Crippen LogP contribution is 2.28. The number of pyridine rings is 1. The standard InChI is InChI=1S/C16H25N5O2/c1-3-17-16(19-10-9-18-15(22)12-7-8-12)20-11-13-5-4-6-14(21-13)23-2/h4-6,12H,3,7-11H2,1-2H3,(H,18,22)(H2,17,19,20). The molecule has 1 aliphatic carbocycles. The fourth-order valence-electron chi connectivity index (χ4n) is 2.02. The van der Waals surface area contributed by atoms with Gasteiger partial charge in [0.25, 0.3) is 0 Å². The van der Waals surface area contributed by atoms with Crippen molar-refractivity contribution < 1.29 is 9.53 Å². The van der Waals surface area contributed by atoms with Crippen LogP contribution in [0.1, 0.15) is 25.5 Å². The second-order valence-corrected chi connectivity index (χ2v) is 5.36. The molecule has 2 rings (SSSR count). The van der Waals surface area contributed by atoms with Gasteiger partial charge in [-0.05, 0) is 25.8 Å². The van der Waals surface area contributed by atoms with Crippen molar-refractivity contribution in [2.24, 2.45) is 10.9 Å². The Morgan fingerprint density at radius 1 is 1.30 bits per heavy atom. The fourth-order valence-corrected chi connectivity index (χ4v) is 2.02. The quantitative estimate of drug-likeness (QED) is 0.372. The van der Waals surface area contributed by atoms with Gasteiger partial charge in [-0.2, -0.15) is 0 Å². The molecule has 1 aliphatic rings. The number of aromatic nitrogens is 1. The lowest BCUT2D eigenvalue weighted by Gasteiger charge is -2.11. The molecule has 3 N–H and O–H groups in total. The van der Waals surface area contributed by atoms with E-state index in [0.29, 0.717) is 31.5 Å². The van der Waals surface area contributed by atoms with Gasteiger partial charge >= 0.3 is 0 Å².